The molecule has 0 saturated carbocycles. The van der Waals surface area contributed by atoms with Crippen molar-refractivity contribution in [2.75, 3.05) is 11.9 Å². The van der Waals surface area contributed by atoms with Gasteiger partial charge in [-0.05, 0) is 49.6 Å². The number of hydrogen-bond acceptors (Lipinski definition) is 5. The molecule has 1 N–H and O–H groups in total. The Morgan fingerprint density at radius 3 is 2.58 bits per heavy atom. The van der Waals surface area contributed by atoms with Crippen LogP contribution in [-0.4, -0.2) is 32.3 Å². The second kappa shape index (κ2) is 8.71. The SMILES string of the molecule is O=C(c1ccccc1)N1CCCC[C@@H]1c1ccnc(Nc2cc(C(F)(F)F)ccn2)n1. The van der Waals surface area contributed by atoms with Gasteiger partial charge < -0.3 is 10.2 Å². The summed E-state index contributed by atoms with van der Waals surface area (Å²) in [5.74, 6) is 0.0489. The molecule has 160 valence electrons. The Hall–Kier alpha value is -3.49. The number of hydrogen-bond donors (Lipinski definition) is 1. The minimum Gasteiger partial charge on any atom is -0.330 e. The fourth-order valence-corrected chi connectivity index (χ4v) is 3.64. The van der Waals surface area contributed by atoms with Crippen molar-refractivity contribution in [3.8, 4) is 0 Å². The van der Waals surface area contributed by atoms with E-state index >= 15 is 0 Å². The molecular weight excluding hydrogens is 407 g/mol. The van der Waals surface area contributed by atoms with Gasteiger partial charge in [-0.25, -0.2) is 15.0 Å². The lowest BCUT2D eigenvalue weighted by atomic mass is 9.98. The van der Waals surface area contributed by atoms with E-state index in [0.717, 1.165) is 37.6 Å². The third-order valence-electron chi connectivity index (χ3n) is 5.13. The van der Waals surface area contributed by atoms with Gasteiger partial charge in [0.15, 0.2) is 0 Å². The molecule has 0 spiro atoms. The number of pyridine rings is 1. The predicted octanol–water partition coefficient (Wildman–Crippen LogP) is 5.00. The number of nitrogens with zero attached hydrogens (tertiary/aromatic N) is 4. The Labute approximate surface area is 177 Å². The van der Waals surface area contributed by atoms with Gasteiger partial charge in [-0.3, -0.25) is 4.79 Å². The van der Waals surface area contributed by atoms with Crippen LogP contribution in [0.4, 0.5) is 24.9 Å². The minimum atomic E-state index is -4.47. The number of carbonyl (C=O) groups excluding carboxylic acids is 1. The summed E-state index contributed by atoms with van der Waals surface area (Å²) < 4.78 is 38.8. The number of anilines is 2. The van der Waals surface area contributed by atoms with E-state index in [4.69, 9.17) is 0 Å². The van der Waals surface area contributed by atoms with E-state index in [2.05, 4.69) is 20.3 Å². The summed E-state index contributed by atoms with van der Waals surface area (Å²) in [6.07, 6.45) is 0.734. The standard InChI is InChI=1S/C22H20F3N5O/c23-22(24,25)16-9-11-26-19(14-16)29-21-27-12-10-17(28-21)18-8-4-5-13-30(18)20(31)15-6-2-1-3-7-15/h1-3,6-7,9-12,14,18H,4-5,8,13H2,(H,26,27,28,29)/t18-/m1/s1. The highest BCUT2D eigenvalue weighted by atomic mass is 19.4. The number of carbonyl (C=O) groups is 1. The minimum absolute atomic E-state index is 0.00663. The number of likely N-dealkylation sites (tertiary alicyclic amines) is 1. The van der Waals surface area contributed by atoms with Crippen molar-refractivity contribution in [1.29, 1.82) is 0 Å². The highest BCUT2D eigenvalue weighted by Gasteiger charge is 2.31. The topological polar surface area (TPSA) is 71.0 Å². The molecule has 1 amide bonds. The van der Waals surface area contributed by atoms with E-state index in [-0.39, 0.29) is 23.7 Å². The molecule has 0 unspecified atom stereocenters. The first kappa shape index (κ1) is 20.8. The fraction of sp³-hybridized carbons (Fsp3) is 0.273. The zero-order chi connectivity index (χ0) is 21.8. The maximum absolute atomic E-state index is 13.0. The lowest BCUT2D eigenvalue weighted by Gasteiger charge is -2.35. The van der Waals surface area contributed by atoms with Crippen molar-refractivity contribution >= 4 is 17.7 Å². The molecule has 6 nitrogen and oxygen atoms in total. The van der Waals surface area contributed by atoms with Crippen molar-refractivity contribution < 1.29 is 18.0 Å². The molecular formula is C22H20F3N5O. The van der Waals surface area contributed by atoms with Crippen LogP contribution in [0.25, 0.3) is 0 Å². The molecule has 1 fully saturated rings. The van der Waals surface area contributed by atoms with Crippen LogP contribution in [0.15, 0.2) is 60.9 Å². The van der Waals surface area contributed by atoms with Crippen molar-refractivity contribution in [2.24, 2.45) is 0 Å². The van der Waals surface area contributed by atoms with Crippen LogP contribution < -0.4 is 5.32 Å². The Kier molecular flexibility index (Phi) is 5.83. The molecule has 1 aliphatic rings. The van der Waals surface area contributed by atoms with Gasteiger partial charge in [-0.2, -0.15) is 13.2 Å². The molecule has 0 radical (unpaired) electrons. The number of alkyl halides is 3. The Balaban J connectivity index is 1.57. The summed E-state index contributed by atoms with van der Waals surface area (Å²) in [7, 11) is 0. The van der Waals surface area contributed by atoms with Crippen molar-refractivity contribution in [2.45, 2.75) is 31.5 Å². The lowest BCUT2D eigenvalue weighted by molar-refractivity contribution is -0.137. The number of nitrogens with one attached hydrogen (secondary N) is 1. The van der Waals surface area contributed by atoms with Gasteiger partial charge in [0.1, 0.15) is 5.82 Å². The maximum Gasteiger partial charge on any atom is 0.416 e. The summed E-state index contributed by atoms with van der Waals surface area (Å²) in [5, 5.41) is 2.73. The molecule has 1 atom stereocenters. The zero-order valence-corrected chi connectivity index (χ0v) is 16.5. The first-order valence-electron chi connectivity index (χ1n) is 9.91. The fourth-order valence-electron chi connectivity index (χ4n) is 3.64. The maximum atomic E-state index is 13.0. The average Bonchev–Trinajstić information content (AvgIpc) is 2.79. The van der Waals surface area contributed by atoms with E-state index in [1.165, 1.54) is 6.20 Å². The smallest absolute Gasteiger partial charge is 0.330 e. The normalized spacial score (nSPS) is 16.7. The number of piperidine rings is 1. The number of aromatic nitrogens is 3. The van der Waals surface area contributed by atoms with E-state index < -0.39 is 11.7 Å². The monoisotopic (exact) mass is 427 g/mol. The van der Waals surface area contributed by atoms with Crippen LogP contribution in [-0.2, 0) is 6.18 Å². The van der Waals surface area contributed by atoms with E-state index in [0.29, 0.717) is 17.8 Å². The largest absolute Gasteiger partial charge is 0.416 e. The number of halogens is 3. The van der Waals surface area contributed by atoms with Crippen LogP contribution in [0.2, 0.25) is 0 Å². The molecule has 31 heavy (non-hydrogen) atoms. The molecule has 1 aliphatic heterocycles. The number of benzene rings is 1. The second-order valence-electron chi connectivity index (χ2n) is 7.23. The van der Waals surface area contributed by atoms with Gasteiger partial charge >= 0.3 is 6.18 Å². The summed E-state index contributed by atoms with van der Waals surface area (Å²) in [5.41, 5.74) is 0.427. The van der Waals surface area contributed by atoms with Gasteiger partial charge in [0.2, 0.25) is 5.95 Å². The lowest BCUT2D eigenvalue weighted by Crippen LogP contribution is -2.38. The highest BCUT2D eigenvalue weighted by Crippen LogP contribution is 2.32. The number of rotatable bonds is 4. The van der Waals surface area contributed by atoms with E-state index in [1.807, 2.05) is 18.2 Å². The highest BCUT2D eigenvalue weighted by molar-refractivity contribution is 5.94. The third-order valence-corrected chi connectivity index (χ3v) is 5.13. The molecule has 9 heteroatoms. The van der Waals surface area contributed by atoms with Crippen LogP contribution >= 0.6 is 0 Å². The van der Waals surface area contributed by atoms with E-state index in [1.54, 1.807) is 23.1 Å². The molecule has 1 aromatic carbocycles. The second-order valence-corrected chi connectivity index (χ2v) is 7.23. The Bertz CT molecular complexity index is 1060. The molecule has 3 heterocycles. The van der Waals surface area contributed by atoms with Crippen molar-refractivity contribution in [1.82, 2.24) is 19.9 Å². The third kappa shape index (κ3) is 4.82. The Morgan fingerprint density at radius 1 is 1.03 bits per heavy atom. The summed E-state index contributed by atoms with van der Waals surface area (Å²) >= 11 is 0. The summed E-state index contributed by atoms with van der Waals surface area (Å²) in [6, 6.07) is 12.3. The molecule has 4 rings (SSSR count). The van der Waals surface area contributed by atoms with Crippen LogP contribution in [0, 0.1) is 0 Å². The Morgan fingerprint density at radius 2 is 1.81 bits per heavy atom. The first-order valence-corrected chi connectivity index (χ1v) is 9.91. The molecule has 0 aliphatic carbocycles. The van der Waals surface area contributed by atoms with Crippen molar-refractivity contribution in [3.63, 3.8) is 0 Å². The summed E-state index contributed by atoms with van der Waals surface area (Å²) in [6.45, 7) is 0.611. The predicted molar refractivity (Wildman–Crippen MR) is 109 cm³/mol. The van der Waals surface area contributed by atoms with Crippen LogP contribution in [0.5, 0.6) is 0 Å². The number of amides is 1. The van der Waals surface area contributed by atoms with E-state index in [9.17, 15) is 18.0 Å². The van der Waals surface area contributed by atoms with Crippen LogP contribution in [0.3, 0.4) is 0 Å². The van der Waals surface area contributed by atoms with Gasteiger partial charge in [0.25, 0.3) is 5.91 Å². The van der Waals surface area contributed by atoms with Gasteiger partial charge in [-0.15, -0.1) is 0 Å². The van der Waals surface area contributed by atoms with Gasteiger partial charge in [0, 0.05) is 24.5 Å². The molecule has 1 saturated heterocycles. The van der Waals surface area contributed by atoms with Gasteiger partial charge in [-0.1, -0.05) is 18.2 Å². The summed E-state index contributed by atoms with van der Waals surface area (Å²) in [4.78, 5) is 27.3. The first-order chi connectivity index (χ1) is 14.9. The molecule has 3 aromatic rings. The molecule has 2 aromatic heterocycles. The van der Waals surface area contributed by atoms with Gasteiger partial charge in [0.05, 0.1) is 17.3 Å². The quantitative estimate of drug-likeness (QED) is 0.634. The molecule has 0 bridgehead atoms. The van der Waals surface area contributed by atoms with Crippen LogP contribution in [0.1, 0.15) is 46.9 Å². The van der Waals surface area contributed by atoms with Crippen molar-refractivity contribution in [3.05, 3.63) is 77.7 Å². The average molecular weight is 427 g/mol. The zero-order valence-electron chi connectivity index (χ0n) is 16.5.